The molecule has 0 unspecified atom stereocenters. The molecule has 2 aromatic rings. The molecule has 0 heterocycles. The van der Waals surface area contributed by atoms with Crippen LogP contribution in [0.5, 0.6) is 11.5 Å². The van der Waals surface area contributed by atoms with Crippen molar-refractivity contribution in [2.75, 3.05) is 19.0 Å². The Morgan fingerprint density at radius 2 is 1.96 bits per heavy atom. The highest BCUT2D eigenvalue weighted by atomic mass is 35.5. The Morgan fingerprint density at radius 1 is 1.19 bits per heavy atom. The molecule has 26 heavy (non-hydrogen) atoms. The van der Waals surface area contributed by atoms with Crippen LogP contribution in [0.25, 0.3) is 0 Å². The molecule has 0 aliphatic heterocycles. The maximum atomic E-state index is 12.2. The minimum absolute atomic E-state index is 0.328. The molecule has 1 amide bonds. The molecule has 0 radical (unpaired) electrons. The predicted molar refractivity (Wildman–Crippen MR) is 98.9 cm³/mol. The molecule has 0 spiro atoms. The number of hydrogen-bond donors (Lipinski definition) is 1. The largest absolute Gasteiger partial charge is 0.495 e. The highest BCUT2D eigenvalue weighted by Crippen LogP contribution is 2.25. The van der Waals surface area contributed by atoms with E-state index in [-0.39, 0.29) is 6.61 Å². The van der Waals surface area contributed by atoms with Crippen LogP contribution in [-0.2, 0) is 14.3 Å². The summed E-state index contributed by atoms with van der Waals surface area (Å²) in [4.78, 5) is 24.1. The fraction of sp³-hybridized carbons (Fsp3) is 0.263. The van der Waals surface area contributed by atoms with Crippen LogP contribution >= 0.6 is 11.6 Å². The molecule has 0 saturated carbocycles. The first-order valence-corrected chi connectivity index (χ1v) is 8.30. The summed E-state index contributed by atoms with van der Waals surface area (Å²) in [5.41, 5.74) is 1.47. The van der Waals surface area contributed by atoms with E-state index in [0.717, 1.165) is 5.56 Å². The highest BCUT2D eigenvalue weighted by molar-refractivity contribution is 6.30. The molecule has 1 atom stereocenters. The maximum absolute atomic E-state index is 12.2. The summed E-state index contributed by atoms with van der Waals surface area (Å²) in [7, 11) is 1.51. The Bertz CT molecular complexity index is 793. The lowest BCUT2D eigenvalue weighted by Crippen LogP contribution is -2.31. The Balaban J connectivity index is 1.88. The summed E-state index contributed by atoms with van der Waals surface area (Å²) in [6, 6.07) is 12.0. The molecule has 0 aliphatic rings. The van der Waals surface area contributed by atoms with E-state index in [1.807, 2.05) is 13.0 Å². The third-order valence-corrected chi connectivity index (χ3v) is 3.68. The number of halogens is 1. The van der Waals surface area contributed by atoms with Gasteiger partial charge in [0.15, 0.2) is 12.7 Å². The molecule has 0 aromatic heterocycles. The van der Waals surface area contributed by atoms with E-state index in [1.54, 1.807) is 36.4 Å². The number of nitrogens with one attached hydrogen (secondary N) is 1. The summed E-state index contributed by atoms with van der Waals surface area (Å²) in [5, 5.41) is 3.19. The first kappa shape index (κ1) is 19.6. The van der Waals surface area contributed by atoms with Crippen molar-refractivity contribution in [3.63, 3.8) is 0 Å². The number of hydrogen-bond acceptors (Lipinski definition) is 5. The number of esters is 1. The van der Waals surface area contributed by atoms with Crippen molar-refractivity contribution in [1.82, 2.24) is 0 Å². The molecule has 0 aliphatic carbocycles. The SMILES string of the molecule is COc1ccc(C)cc1NC(=O)[C@H](C)OC(=O)COc1cccc(Cl)c1. The molecule has 2 rings (SSSR count). The van der Waals surface area contributed by atoms with Crippen LogP contribution in [0.3, 0.4) is 0 Å². The second-order valence-corrected chi connectivity index (χ2v) is 6.01. The number of aryl methyl sites for hydroxylation is 1. The van der Waals surface area contributed by atoms with Crippen LogP contribution in [-0.4, -0.2) is 31.7 Å². The van der Waals surface area contributed by atoms with Gasteiger partial charge in [0.05, 0.1) is 12.8 Å². The molecule has 6 nitrogen and oxygen atoms in total. The fourth-order valence-electron chi connectivity index (χ4n) is 2.14. The van der Waals surface area contributed by atoms with Crippen molar-refractivity contribution in [1.29, 1.82) is 0 Å². The molecule has 7 heteroatoms. The maximum Gasteiger partial charge on any atom is 0.344 e. The van der Waals surface area contributed by atoms with Crippen LogP contribution in [0.1, 0.15) is 12.5 Å². The third kappa shape index (κ3) is 5.67. The molecule has 0 saturated heterocycles. The lowest BCUT2D eigenvalue weighted by molar-refractivity contribution is -0.155. The van der Waals surface area contributed by atoms with Crippen LogP contribution in [0.15, 0.2) is 42.5 Å². The average Bonchev–Trinajstić information content (AvgIpc) is 2.60. The number of carbonyl (C=O) groups excluding carboxylic acids is 2. The number of anilines is 1. The van der Waals surface area contributed by atoms with Crippen LogP contribution < -0.4 is 14.8 Å². The molecule has 2 aromatic carbocycles. The minimum atomic E-state index is -0.990. The second kappa shape index (κ2) is 9.10. The van der Waals surface area contributed by atoms with Gasteiger partial charge in [0.1, 0.15) is 11.5 Å². The van der Waals surface area contributed by atoms with Crippen molar-refractivity contribution < 1.29 is 23.8 Å². The zero-order valence-corrected chi connectivity index (χ0v) is 15.5. The monoisotopic (exact) mass is 377 g/mol. The van der Waals surface area contributed by atoms with Gasteiger partial charge < -0.3 is 19.5 Å². The summed E-state index contributed by atoms with van der Waals surface area (Å²) < 4.78 is 15.6. The van der Waals surface area contributed by atoms with Crippen molar-refractivity contribution in [3.05, 3.63) is 53.1 Å². The van der Waals surface area contributed by atoms with Gasteiger partial charge in [0, 0.05) is 5.02 Å². The van der Waals surface area contributed by atoms with E-state index in [0.29, 0.717) is 22.2 Å². The van der Waals surface area contributed by atoms with E-state index >= 15 is 0 Å². The number of methoxy groups -OCH3 is 1. The van der Waals surface area contributed by atoms with Crippen LogP contribution in [0.4, 0.5) is 5.69 Å². The van der Waals surface area contributed by atoms with Gasteiger partial charge >= 0.3 is 5.97 Å². The highest BCUT2D eigenvalue weighted by Gasteiger charge is 2.19. The summed E-state index contributed by atoms with van der Waals surface area (Å²) in [6.07, 6.45) is -0.990. The topological polar surface area (TPSA) is 73.9 Å². The Morgan fingerprint density at radius 3 is 2.65 bits per heavy atom. The Labute approximate surface area is 157 Å². The van der Waals surface area contributed by atoms with E-state index in [4.69, 9.17) is 25.8 Å². The standard InChI is InChI=1S/C19H20ClNO5/c1-12-7-8-17(24-3)16(9-12)21-19(23)13(2)26-18(22)11-25-15-6-4-5-14(20)10-15/h4-10,13H,11H2,1-3H3,(H,21,23)/t13-/m0/s1. The van der Waals surface area contributed by atoms with Gasteiger partial charge in [-0.25, -0.2) is 4.79 Å². The molecular weight excluding hydrogens is 358 g/mol. The molecule has 0 bridgehead atoms. The normalized spacial score (nSPS) is 11.4. The van der Waals surface area contributed by atoms with Gasteiger partial charge in [-0.15, -0.1) is 0 Å². The van der Waals surface area contributed by atoms with Crippen molar-refractivity contribution in [3.8, 4) is 11.5 Å². The fourth-order valence-corrected chi connectivity index (χ4v) is 2.32. The van der Waals surface area contributed by atoms with E-state index in [1.165, 1.54) is 14.0 Å². The van der Waals surface area contributed by atoms with Gasteiger partial charge in [-0.05, 0) is 49.7 Å². The van der Waals surface area contributed by atoms with E-state index < -0.39 is 18.0 Å². The summed E-state index contributed by atoms with van der Waals surface area (Å²) in [6.45, 7) is 3.05. The average molecular weight is 378 g/mol. The van der Waals surface area contributed by atoms with Gasteiger partial charge in [-0.3, -0.25) is 4.79 Å². The number of rotatable bonds is 7. The lowest BCUT2D eigenvalue weighted by Gasteiger charge is -2.16. The summed E-state index contributed by atoms with van der Waals surface area (Å²) >= 11 is 5.84. The minimum Gasteiger partial charge on any atom is -0.495 e. The zero-order valence-electron chi connectivity index (χ0n) is 14.7. The lowest BCUT2D eigenvalue weighted by atomic mass is 10.2. The number of benzene rings is 2. The zero-order chi connectivity index (χ0) is 19.1. The Hall–Kier alpha value is -2.73. The molecule has 138 valence electrons. The van der Waals surface area contributed by atoms with Gasteiger partial charge in [-0.1, -0.05) is 23.7 Å². The van der Waals surface area contributed by atoms with Gasteiger partial charge in [0.25, 0.3) is 5.91 Å². The number of carbonyl (C=O) groups is 2. The smallest absolute Gasteiger partial charge is 0.344 e. The predicted octanol–water partition coefficient (Wildman–Crippen LogP) is 3.61. The van der Waals surface area contributed by atoms with E-state index in [9.17, 15) is 9.59 Å². The first-order valence-electron chi connectivity index (χ1n) is 7.92. The first-order chi connectivity index (χ1) is 12.4. The molecule has 0 fully saturated rings. The van der Waals surface area contributed by atoms with Crippen molar-refractivity contribution >= 4 is 29.2 Å². The second-order valence-electron chi connectivity index (χ2n) is 5.57. The number of ether oxygens (including phenoxy) is 3. The van der Waals surface area contributed by atoms with Crippen LogP contribution in [0, 0.1) is 6.92 Å². The van der Waals surface area contributed by atoms with Crippen molar-refractivity contribution in [2.45, 2.75) is 20.0 Å². The summed E-state index contributed by atoms with van der Waals surface area (Å²) in [5.74, 6) is -0.170. The van der Waals surface area contributed by atoms with E-state index in [2.05, 4.69) is 5.32 Å². The van der Waals surface area contributed by atoms with Gasteiger partial charge in [-0.2, -0.15) is 0 Å². The molecular formula is C19H20ClNO5. The van der Waals surface area contributed by atoms with Crippen molar-refractivity contribution in [2.24, 2.45) is 0 Å². The van der Waals surface area contributed by atoms with Gasteiger partial charge in [0.2, 0.25) is 0 Å². The number of amides is 1. The quantitative estimate of drug-likeness (QED) is 0.746. The molecule has 1 N–H and O–H groups in total. The Kier molecular flexibility index (Phi) is 6.86. The van der Waals surface area contributed by atoms with Crippen LogP contribution in [0.2, 0.25) is 5.02 Å². The third-order valence-electron chi connectivity index (χ3n) is 3.44.